The van der Waals surface area contributed by atoms with Gasteiger partial charge >= 0.3 is 0 Å². The molecular weight excluding hydrogens is 214 g/mol. The second-order valence-electron chi connectivity index (χ2n) is 4.15. The molecule has 0 unspecified atom stereocenters. The molecule has 1 aromatic heterocycles. The van der Waals surface area contributed by atoms with Gasteiger partial charge < -0.3 is 5.32 Å². The number of benzene rings is 1. The molecule has 0 bridgehead atoms. The van der Waals surface area contributed by atoms with Crippen molar-refractivity contribution in [3.8, 4) is 11.3 Å². The lowest BCUT2D eigenvalue weighted by Gasteiger charge is -2.18. The summed E-state index contributed by atoms with van der Waals surface area (Å²) >= 11 is 0. The molecule has 86 valence electrons. The van der Waals surface area contributed by atoms with Crippen LogP contribution in [0.5, 0.6) is 0 Å². The molecule has 4 heteroatoms. The second-order valence-corrected chi connectivity index (χ2v) is 4.15. The predicted octanol–water partition coefficient (Wildman–Crippen LogP) is 1.08. The molecule has 1 aromatic carbocycles. The maximum absolute atomic E-state index is 11.7. The van der Waals surface area contributed by atoms with Gasteiger partial charge in [-0.3, -0.25) is 4.79 Å². The summed E-state index contributed by atoms with van der Waals surface area (Å²) in [4.78, 5) is 11.7. The number of nitrogens with zero attached hydrogens (tertiary/aromatic N) is 1. The number of hydrogen-bond acceptors (Lipinski definition) is 3. The Balaban J connectivity index is 2.22. The predicted molar refractivity (Wildman–Crippen MR) is 65.7 cm³/mol. The van der Waals surface area contributed by atoms with Gasteiger partial charge in [-0.1, -0.05) is 30.3 Å². The number of nitrogens with one attached hydrogen (secondary N) is 2. The van der Waals surface area contributed by atoms with Crippen LogP contribution in [0.25, 0.3) is 11.3 Å². The summed E-state index contributed by atoms with van der Waals surface area (Å²) in [7, 11) is 0. The quantitative estimate of drug-likeness (QED) is 0.766. The summed E-state index contributed by atoms with van der Waals surface area (Å²) in [5.74, 6) is 0. The Kier molecular flexibility index (Phi) is 2.49. The Morgan fingerprint density at radius 1 is 1.12 bits per heavy atom. The highest BCUT2D eigenvalue weighted by Gasteiger charge is 2.17. The fourth-order valence-corrected chi connectivity index (χ4v) is 2.24. The van der Waals surface area contributed by atoms with Gasteiger partial charge in [-0.2, -0.15) is 5.10 Å². The molecule has 0 spiro atoms. The lowest BCUT2D eigenvalue weighted by molar-refractivity contribution is 0.631. The van der Waals surface area contributed by atoms with Gasteiger partial charge in [0.1, 0.15) is 0 Å². The van der Waals surface area contributed by atoms with Crippen molar-refractivity contribution in [3.63, 3.8) is 0 Å². The minimum Gasteiger partial charge on any atom is -0.312 e. The first-order valence-electron chi connectivity index (χ1n) is 5.73. The van der Waals surface area contributed by atoms with E-state index in [1.807, 2.05) is 30.3 Å². The third-order valence-corrected chi connectivity index (χ3v) is 3.09. The number of rotatable bonds is 1. The van der Waals surface area contributed by atoms with E-state index in [1.54, 1.807) is 0 Å². The topological polar surface area (TPSA) is 57.8 Å². The molecule has 2 N–H and O–H groups in total. The highest BCUT2D eigenvalue weighted by Crippen LogP contribution is 2.23. The number of aromatic amines is 1. The fraction of sp³-hybridized carbons (Fsp3) is 0.231. The van der Waals surface area contributed by atoms with E-state index in [4.69, 9.17) is 0 Å². The maximum Gasteiger partial charge on any atom is 0.267 e. The molecule has 0 saturated carbocycles. The zero-order valence-electron chi connectivity index (χ0n) is 9.36. The van der Waals surface area contributed by atoms with E-state index in [1.165, 1.54) is 0 Å². The van der Waals surface area contributed by atoms with Crippen LogP contribution in [0.3, 0.4) is 0 Å². The zero-order valence-corrected chi connectivity index (χ0v) is 9.36. The highest BCUT2D eigenvalue weighted by molar-refractivity contribution is 5.64. The summed E-state index contributed by atoms with van der Waals surface area (Å²) in [6.45, 7) is 1.57. The Morgan fingerprint density at radius 3 is 2.76 bits per heavy atom. The zero-order chi connectivity index (χ0) is 11.7. The molecule has 0 aliphatic carbocycles. The minimum atomic E-state index is -0.0545. The van der Waals surface area contributed by atoms with E-state index in [2.05, 4.69) is 15.5 Å². The molecule has 2 heterocycles. The van der Waals surface area contributed by atoms with Gasteiger partial charge in [0.15, 0.2) is 0 Å². The molecule has 0 fully saturated rings. The smallest absolute Gasteiger partial charge is 0.267 e. The molecule has 0 saturated heterocycles. The summed E-state index contributed by atoms with van der Waals surface area (Å²) in [6.07, 6.45) is 0.771. The van der Waals surface area contributed by atoms with E-state index in [9.17, 15) is 4.79 Å². The fourth-order valence-electron chi connectivity index (χ4n) is 2.24. The van der Waals surface area contributed by atoms with E-state index in [0.717, 1.165) is 41.9 Å². The van der Waals surface area contributed by atoms with Crippen LogP contribution in [0.4, 0.5) is 0 Å². The first-order valence-corrected chi connectivity index (χ1v) is 5.73. The van der Waals surface area contributed by atoms with Crippen molar-refractivity contribution in [2.75, 3.05) is 6.54 Å². The molecule has 4 nitrogen and oxygen atoms in total. The van der Waals surface area contributed by atoms with Crippen molar-refractivity contribution in [1.82, 2.24) is 15.5 Å². The number of hydrogen-bond donors (Lipinski definition) is 2. The van der Waals surface area contributed by atoms with Crippen molar-refractivity contribution in [2.45, 2.75) is 13.0 Å². The van der Waals surface area contributed by atoms with Gasteiger partial charge in [-0.25, -0.2) is 5.10 Å². The van der Waals surface area contributed by atoms with Gasteiger partial charge in [0.05, 0.1) is 5.69 Å². The van der Waals surface area contributed by atoms with Gasteiger partial charge in [0.25, 0.3) is 5.56 Å². The molecule has 17 heavy (non-hydrogen) atoms. The lowest BCUT2D eigenvalue weighted by atomic mass is 9.98. The van der Waals surface area contributed by atoms with Crippen molar-refractivity contribution >= 4 is 0 Å². The monoisotopic (exact) mass is 227 g/mol. The Hall–Kier alpha value is -1.94. The van der Waals surface area contributed by atoms with Crippen molar-refractivity contribution in [1.29, 1.82) is 0 Å². The number of H-pyrrole nitrogens is 1. The molecule has 0 amide bonds. The molecule has 0 atom stereocenters. The Bertz CT molecular complexity index is 589. The van der Waals surface area contributed by atoms with Crippen LogP contribution in [-0.2, 0) is 13.0 Å². The summed E-state index contributed by atoms with van der Waals surface area (Å²) < 4.78 is 0. The highest BCUT2D eigenvalue weighted by atomic mass is 16.1. The summed E-state index contributed by atoms with van der Waals surface area (Å²) in [5, 5.41) is 10.1. The maximum atomic E-state index is 11.7. The summed E-state index contributed by atoms with van der Waals surface area (Å²) in [6, 6.07) is 9.94. The van der Waals surface area contributed by atoms with Crippen LogP contribution in [0.15, 0.2) is 35.1 Å². The van der Waals surface area contributed by atoms with Gasteiger partial charge in [-0.15, -0.1) is 0 Å². The average Bonchev–Trinajstić information content (AvgIpc) is 2.41. The van der Waals surface area contributed by atoms with Crippen LogP contribution in [-0.4, -0.2) is 16.7 Å². The Morgan fingerprint density at radius 2 is 1.94 bits per heavy atom. The van der Waals surface area contributed by atoms with E-state index < -0.39 is 0 Å². The molecule has 0 radical (unpaired) electrons. The number of fused-ring (bicyclic) bond motifs is 1. The standard InChI is InChI=1S/C13H13N3O/c17-13-10-6-7-14-8-11(10)12(15-16-13)9-4-2-1-3-5-9/h1-5,14H,6-8H2,(H,16,17). The third kappa shape index (κ3) is 1.76. The van der Waals surface area contributed by atoms with Gasteiger partial charge in [-0.05, 0) is 13.0 Å². The lowest BCUT2D eigenvalue weighted by Crippen LogP contribution is -2.31. The van der Waals surface area contributed by atoms with Crippen LogP contribution in [0, 0.1) is 0 Å². The summed E-state index contributed by atoms with van der Waals surface area (Å²) in [5.41, 5.74) is 3.78. The minimum absolute atomic E-state index is 0.0545. The van der Waals surface area contributed by atoms with Crippen molar-refractivity contribution < 1.29 is 0 Å². The second kappa shape index (κ2) is 4.14. The van der Waals surface area contributed by atoms with Gasteiger partial charge in [0.2, 0.25) is 0 Å². The molecular formula is C13H13N3O. The van der Waals surface area contributed by atoms with Crippen molar-refractivity contribution in [3.05, 3.63) is 51.8 Å². The average molecular weight is 227 g/mol. The van der Waals surface area contributed by atoms with Crippen molar-refractivity contribution in [2.24, 2.45) is 0 Å². The van der Waals surface area contributed by atoms with Crippen LogP contribution in [0.1, 0.15) is 11.1 Å². The largest absolute Gasteiger partial charge is 0.312 e. The third-order valence-electron chi connectivity index (χ3n) is 3.09. The molecule has 2 aromatic rings. The molecule has 1 aliphatic rings. The molecule has 3 rings (SSSR count). The van der Waals surface area contributed by atoms with E-state index in [-0.39, 0.29) is 5.56 Å². The Labute approximate surface area is 98.7 Å². The SMILES string of the molecule is O=c1[nH]nc(-c2ccccc2)c2c1CCNC2. The normalized spacial score (nSPS) is 14.4. The van der Waals surface area contributed by atoms with Crippen LogP contribution < -0.4 is 10.9 Å². The first-order chi connectivity index (χ1) is 8.36. The first kappa shape index (κ1) is 10.2. The van der Waals surface area contributed by atoms with E-state index >= 15 is 0 Å². The van der Waals surface area contributed by atoms with Crippen LogP contribution >= 0.6 is 0 Å². The van der Waals surface area contributed by atoms with E-state index in [0.29, 0.717) is 0 Å². The van der Waals surface area contributed by atoms with Crippen LogP contribution in [0.2, 0.25) is 0 Å². The van der Waals surface area contributed by atoms with Gasteiger partial charge in [0, 0.05) is 23.2 Å². The molecule has 1 aliphatic heterocycles. The number of aromatic nitrogens is 2.